The van der Waals surface area contributed by atoms with Crippen LogP contribution in [-0.2, 0) is 0 Å². The number of carboxylic acids is 1. The molecule has 2 N–H and O–H groups in total. The Labute approximate surface area is 138 Å². The Bertz CT molecular complexity index is 743. The molecule has 0 aliphatic rings. The quantitative estimate of drug-likeness (QED) is 0.864. The average Bonchev–Trinajstić information content (AvgIpc) is 2.48. The summed E-state index contributed by atoms with van der Waals surface area (Å²) in [5.74, 6) is -0.925. The summed E-state index contributed by atoms with van der Waals surface area (Å²) < 4.78 is 5.55. The number of carbonyl (C=O) groups excluding carboxylic acids is 1. The van der Waals surface area contributed by atoms with Crippen LogP contribution in [0.1, 0.15) is 34.6 Å². The Morgan fingerprint density at radius 3 is 2.57 bits per heavy atom. The lowest BCUT2D eigenvalue weighted by Crippen LogP contribution is -2.13. The normalized spacial score (nSPS) is 10.4. The summed E-state index contributed by atoms with van der Waals surface area (Å²) in [5, 5.41) is 11.8. The predicted octanol–water partition coefficient (Wildman–Crippen LogP) is 4.08. The first kappa shape index (κ1) is 16.8. The Morgan fingerprint density at radius 1 is 1.17 bits per heavy atom. The number of rotatable bonds is 5. The van der Waals surface area contributed by atoms with Crippen LogP contribution in [0.2, 0.25) is 5.02 Å². The summed E-state index contributed by atoms with van der Waals surface area (Å²) in [6.45, 7) is 3.79. The van der Waals surface area contributed by atoms with E-state index in [0.717, 1.165) is 0 Å². The van der Waals surface area contributed by atoms with Gasteiger partial charge < -0.3 is 15.2 Å². The van der Waals surface area contributed by atoms with Crippen LogP contribution in [-0.4, -0.2) is 23.1 Å². The van der Waals surface area contributed by atoms with E-state index < -0.39 is 5.97 Å². The summed E-state index contributed by atoms with van der Waals surface area (Å²) in [7, 11) is 0. The molecule has 0 unspecified atom stereocenters. The van der Waals surface area contributed by atoms with E-state index in [1.807, 2.05) is 13.8 Å². The van der Waals surface area contributed by atoms with Gasteiger partial charge >= 0.3 is 5.97 Å². The van der Waals surface area contributed by atoms with Crippen molar-refractivity contribution in [3.05, 3.63) is 58.6 Å². The highest BCUT2D eigenvalue weighted by atomic mass is 35.5. The zero-order chi connectivity index (χ0) is 17.0. The zero-order valence-corrected chi connectivity index (χ0v) is 13.4. The van der Waals surface area contributed by atoms with Gasteiger partial charge in [0.05, 0.1) is 16.7 Å². The lowest BCUT2D eigenvalue weighted by Gasteiger charge is -2.11. The van der Waals surface area contributed by atoms with Gasteiger partial charge in [0, 0.05) is 11.3 Å². The molecule has 120 valence electrons. The van der Waals surface area contributed by atoms with Crippen LogP contribution in [0.25, 0.3) is 0 Å². The Morgan fingerprint density at radius 2 is 1.91 bits per heavy atom. The number of halogens is 1. The van der Waals surface area contributed by atoms with E-state index >= 15 is 0 Å². The molecular weight excluding hydrogens is 318 g/mol. The number of carboxylic acid groups (broad SMARTS) is 1. The molecule has 0 spiro atoms. The molecule has 0 heterocycles. The Kier molecular flexibility index (Phi) is 5.24. The summed E-state index contributed by atoms with van der Waals surface area (Å²) in [6.07, 6.45) is 0.00250. The van der Waals surface area contributed by atoms with Crippen LogP contribution in [0.4, 0.5) is 5.69 Å². The summed E-state index contributed by atoms with van der Waals surface area (Å²) in [5.41, 5.74) is 0.698. The van der Waals surface area contributed by atoms with Gasteiger partial charge in [-0.2, -0.15) is 0 Å². The highest BCUT2D eigenvalue weighted by Crippen LogP contribution is 2.22. The summed E-state index contributed by atoms with van der Waals surface area (Å²) in [6, 6.07) is 11.1. The lowest BCUT2D eigenvalue weighted by atomic mass is 10.1. The van der Waals surface area contributed by atoms with Crippen LogP contribution in [0.15, 0.2) is 42.5 Å². The topological polar surface area (TPSA) is 75.6 Å². The van der Waals surface area contributed by atoms with Crippen molar-refractivity contribution in [3.63, 3.8) is 0 Å². The fourth-order valence-corrected chi connectivity index (χ4v) is 2.15. The summed E-state index contributed by atoms with van der Waals surface area (Å²) >= 11 is 5.80. The molecule has 5 nitrogen and oxygen atoms in total. The van der Waals surface area contributed by atoms with Crippen LogP contribution in [0.3, 0.4) is 0 Å². The third-order valence-electron chi connectivity index (χ3n) is 2.92. The van der Waals surface area contributed by atoms with Gasteiger partial charge in [-0.15, -0.1) is 0 Å². The van der Waals surface area contributed by atoms with E-state index in [1.54, 1.807) is 30.3 Å². The second kappa shape index (κ2) is 7.15. The van der Waals surface area contributed by atoms with Crippen molar-refractivity contribution in [2.24, 2.45) is 0 Å². The SMILES string of the molecule is CC(C)Oc1cccc(C(=O)Nc2ccc(Cl)c(C(=O)O)c2)c1. The molecule has 0 bridgehead atoms. The van der Waals surface area contributed by atoms with Crippen LogP contribution in [0.5, 0.6) is 5.75 Å². The van der Waals surface area contributed by atoms with Gasteiger partial charge in [0.15, 0.2) is 0 Å². The van der Waals surface area contributed by atoms with Gasteiger partial charge in [-0.25, -0.2) is 4.79 Å². The average molecular weight is 334 g/mol. The van der Waals surface area contributed by atoms with Crippen molar-refractivity contribution in [1.29, 1.82) is 0 Å². The molecule has 2 aromatic rings. The number of amides is 1. The highest BCUT2D eigenvalue weighted by Gasteiger charge is 2.12. The first-order valence-electron chi connectivity index (χ1n) is 6.97. The number of aromatic carboxylic acids is 1. The van der Waals surface area contributed by atoms with E-state index in [9.17, 15) is 9.59 Å². The van der Waals surface area contributed by atoms with Gasteiger partial charge in [0.2, 0.25) is 0 Å². The molecule has 0 radical (unpaired) electrons. The minimum absolute atomic E-state index is 0.00250. The van der Waals surface area contributed by atoms with Crippen molar-refractivity contribution < 1.29 is 19.4 Å². The van der Waals surface area contributed by atoms with Crippen LogP contribution in [0, 0.1) is 0 Å². The molecule has 1 amide bonds. The van der Waals surface area contributed by atoms with Crippen molar-refractivity contribution >= 4 is 29.2 Å². The maximum Gasteiger partial charge on any atom is 0.337 e. The van der Waals surface area contributed by atoms with Crippen molar-refractivity contribution in [2.45, 2.75) is 20.0 Å². The lowest BCUT2D eigenvalue weighted by molar-refractivity contribution is 0.0696. The standard InChI is InChI=1S/C17H16ClNO4/c1-10(2)23-13-5-3-4-11(8-13)16(20)19-12-6-7-15(18)14(9-12)17(21)22/h3-10H,1-2H3,(H,19,20)(H,21,22). The molecule has 0 atom stereocenters. The van der Waals surface area contributed by atoms with Gasteiger partial charge in [-0.3, -0.25) is 4.79 Å². The van der Waals surface area contributed by atoms with Crippen molar-refractivity contribution in [1.82, 2.24) is 0 Å². The third kappa shape index (κ3) is 4.47. The van der Waals surface area contributed by atoms with E-state index in [0.29, 0.717) is 17.0 Å². The smallest absolute Gasteiger partial charge is 0.337 e. The molecule has 0 aromatic heterocycles. The van der Waals surface area contributed by atoms with E-state index in [-0.39, 0.29) is 22.6 Å². The molecule has 0 aliphatic heterocycles. The minimum atomic E-state index is -1.15. The van der Waals surface area contributed by atoms with Crippen molar-refractivity contribution in [2.75, 3.05) is 5.32 Å². The number of ether oxygens (including phenoxy) is 1. The first-order valence-corrected chi connectivity index (χ1v) is 7.35. The first-order chi connectivity index (χ1) is 10.9. The van der Waals surface area contributed by atoms with Crippen LogP contribution < -0.4 is 10.1 Å². The van der Waals surface area contributed by atoms with E-state index in [4.69, 9.17) is 21.4 Å². The number of nitrogens with one attached hydrogen (secondary N) is 1. The van der Waals surface area contributed by atoms with Crippen LogP contribution >= 0.6 is 11.6 Å². The molecule has 0 aliphatic carbocycles. The van der Waals surface area contributed by atoms with Gasteiger partial charge in [0.1, 0.15) is 5.75 Å². The maximum atomic E-state index is 12.3. The minimum Gasteiger partial charge on any atom is -0.491 e. The van der Waals surface area contributed by atoms with E-state index in [2.05, 4.69) is 5.32 Å². The number of anilines is 1. The fraction of sp³-hybridized carbons (Fsp3) is 0.176. The highest BCUT2D eigenvalue weighted by molar-refractivity contribution is 6.33. The number of carbonyl (C=O) groups is 2. The molecule has 0 saturated heterocycles. The number of benzene rings is 2. The van der Waals surface area contributed by atoms with Gasteiger partial charge in [-0.1, -0.05) is 17.7 Å². The summed E-state index contributed by atoms with van der Waals surface area (Å²) in [4.78, 5) is 23.3. The van der Waals surface area contributed by atoms with Crippen molar-refractivity contribution in [3.8, 4) is 5.75 Å². The molecule has 0 saturated carbocycles. The third-order valence-corrected chi connectivity index (χ3v) is 3.25. The fourth-order valence-electron chi connectivity index (χ4n) is 1.95. The molecule has 0 fully saturated rings. The van der Waals surface area contributed by atoms with E-state index in [1.165, 1.54) is 12.1 Å². The van der Waals surface area contributed by atoms with Gasteiger partial charge in [0.25, 0.3) is 5.91 Å². The second-order valence-corrected chi connectivity index (χ2v) is 5.56. The molecular formula is C17H16ClNO4. The maximum absolute atomic E-state index is 12.3. The second-order valence-electron chi connectivity index (χ2n) is 5.15. The molecule has 2 aromatic carbocycles. The Hall–Kier alpha value is -2.53. The largest absolute Gasteiger partial charge is 0.491 e. The number of hydrogen-bond acceptors (Lipinski definition) is 3. The predicted molar refractivity (Wildman–Crippen MR) is 88.6 cm³/mol. The molecule has 2 rings (SSSR count). The monoisotopic (exact) mass is 333 g/mol. The number of hydrogen-bond donors (Lipinski definition) is 2. The zero-order valence-electron chi connectivity index (χ0n) is 12.7. The Balaban J connectivity index is 2.19. The molecule has 23 heavy (non-hydrogen) atoms. The van der Waals surface area contributed by atoms with Gasteiger partial charge in [-0.05, 0) is 50.2 Å². The molecule has 6 heteroatoms.